The first kappa shape index (κ1) is 16.4. The predicted molar refractivity (Wildman–Crippen MR) is 76.7 cm³/mol. The number of hydrogen-bond donors (Lipinski definition) is 1. The molecule has 1 saturated heterocycles. The molecule has 1 aromatic carbocycles. The third-order valence-corrected chi connectivity index (χ3v) is 3.97. The van der Waals surface area contributed by atoms with Crippen LogP contribution in [0.15, 0.2) is 18.2 Å². The van der Waals surface area contributed by atoms with Gasteiger partial charge in [0, 0.05) is 17.5 Å². The van der Waals surface area contributed by atoms with Gasteiger partial charge in [0.15, 0.2) is 0 Å². The second kappa shape index (κ2) is 6.44. The molecule has 0 aromatic heterocycles. The van der Waals surface area contributed by atoms with Gasteiger partial charge in [0.05, 0.1) is 5.56 Å². The van der Waals surface area contributed by atoms with Gasteiger partial charge in [-0.3, -0.25) is 0 Å². The summed E-state index contributed by atoms with van der Waals surface area (Å²) in [6.07, 6.45) is -3.81. The van der Waals surface area contributed by atoms with Crippen LogP contribution in [0.4, 0.5) is 13.2 Å². The molecule has 1 fully saturated rings. The molecule has 118 valence electrons. The zero-order chi connectivity index (χ0) is 15.6. The van der Waals surface area contributed by atoms with Crippen LogP contribution in [0.3, 0.4) is 0 Å². The molecular formula is C15H19ClF3NO. The highest BCUT2D eigenvalue weighted by atomic mass is 35.5. The van der Waals surface area contributed by atoms with Crippen molar-refractivity contribution in [1.82, 2.24) is 5.32 Å². The lowest BCUT2D eigenvalue weighted by atomic mass is 9.92. The molecule has 0 aliphatic carbocycles. The molecule has 1 aromatic rings. The lowest BCUT2D eigenvalue weighted by molar-refractivity contribution is -0.139. The molecule has 21 heavy (non-hydrogen) atoms. The Labute approximate surface area is 127 Å². The summed E-state index contributed by atoms with van der Waals surface area (Å²) in [6, 6.07) is 3.65. The third-order valence-electron chi connectivity index (χ3n) is 3.73. The molecule has 0 spiro atoms. The zero-order valence-electron chi connectivity index (χ0n) is 12.0. The van der Waals surface area contributed by atoms with Crippen LogP contribution in [0.25, 0.3) is 0 Å². The SMILES string of the molecule is CC(C)C(Oc1ccc(Cl)cc1C(F)(F)F)C1CCNC1. The number of rotatable bonds is 4. The molecule has 1 heterocycles. The fourth-order valence-electron chi connectivity index (χ4n) is 2.71. The average Bonchev–Trinajstić information content (AvgIpc) is 2.89. The van der Waals surface area contributed by atoms with E-state index in [-0.39, 0.29) is 28.7 Å². The van der Waals surface area contributed by atoms with Crippen molar-refractivity contribution in [2.45, 2.75) is 32.5 Å². The number of nitrogens with one attached hydrogen (secondary N) is 1. The van der Waals surface area contributed by atoms with E-state index < -0.39 is 11.7 Å². The highest BCUT2D eigenvalue weighted by Gasteiger charge is 2.37. The van der Waals surface area contributed by atoms with E-state index in [1.165, 1.54) is 12.1 Å². The van der Waals surface area contributed by atoms with E-state index in [1.54, 1.807) is 0 Å². The Morgan fingerprint density at radius 3 is 2.57 bits per heavy atom. The second-order valence-corrected chi connectivity index (χ2v) is 6.15. The minimum Gasteiger partial charge on any atom is -0.489 e. The topological polar surface area (TPSA) is 21.3 Å². The minimum absolute atomic E-state index is 0.0540. The molecule has 0 radical (unpaired) electrons. The highest BCUT2D eigenvalue weighted by Crippen LogP contribution is 2.39. The minimum atomic E-state index is -4.48. The molecule has 0 bridgehead atoms. The molecule has 0 amide bonds. The molecule has 1 aliphatic heterocycles. The molecule has 2 rings (SSSR count). The fraction of sp³-hybridized carbons (Fsp3) is 0.600. The van der Waals surface area contributed by atoms with Gasteiger partial charge < -0.3 is 10.1 Å². The van der Waals surface area contributed by atoms with E-state index in [2.05, 4.69) is 5.32 Å². The van der Waals surface area contributed by atoms with Gasteiger partial charge in [0.2, 0.25) is 0 Å². The Morgan fingerprint density at radius 1 is 1.33 bits per heavy atom. The van der Waals surface area contributed by atoms with E-state index in [4.69, 9.17) is 16.3 Å². The van der Waals surface area contributed by atoms with Crippen molar-refractivity contribution in [3.05, 3.63) is 28.8 Å². The predicted octanol–water partition coefficient (Wildman–Crippen LogP) is 4.37. The molecule has 1 N–H and O–H groups in total. The molecule has 0 saturated carbocycles. The average molecular weight is 322 g/mol. The van der Waals surface area contributed by atoms with Crippen LogP contribution in [-0.2, 0) is 6.18 Å². The Balaban J connectivity index is 2.28. The molecule has 2 unspecified atom stereocenters. The normalized spacial score (nSPS) is 20.8. The van der Waals surface area contributed by atoms with Gasteiger partial charge in [-0.25, -0.2) is 0 Å². The molecule has 1 aliphatic rings. The van der Waals surface area contributed by atoms with Crippen LogP contribution in [0.2, 0.25) is 5.02 Å². The maximum atomic E-state index is 13.1. The largest absolute Gasteiger partial charge is 0.489 e. The molecular weight excluding hydrogens is 303 g/mol. The quantitative estimate of drug-likeness (QED) is 0.889. The van der Waals surface area contributed by atoms with Crippen molar-refractivity contribution in [2.24, 2.45) is 11.8 Å². The first-order valence-electron chi connectivity index (χ1n) is 7.03. The third kappa shape index (κ3) is 4.04. The zero-order valence-corrected chi connectivity index (χ0v) is 12.8. The Kier molecular flexibility index (Phi) is 5.04. The number of halogens is 4. The Hall–Kier alpha value is -0.940. The summed E-state index contributed by atoms with van der Waals surface area (Å²) in [5, 5.41) is 3.28. The molecule has 6 heteroatoms. The van der Waals surface area contributed by atoms with Crippen molar-refractivity contribution >= 4 is 11.6 Å². The second-order valence-electron chi connectivity index (χ2n) is 5.72. The highest BCUT2D eigenvalue weighted by molar-refractivity contribution is 6.30. The van der Waals surface area contributed by atoms with Crippen molar-refractivity contribution in [3.8, 4) is 5.75 Å². The van der Waals surface area contributed by atoms with Gasteiger partial charge in [0.1, 0.15) is 11.9 Å². The van der Waals surface area contributed by atoms with Gasteiger partial charge in [-0.15, -0.1) is 0 Å². The summed E-state index contributed by atoms with van der Waals surface area (Å²) in [6.45, 7) is 5.58. The van der Waals surface area contributed by atoms with Crippen LogP contribution >= 0.6 is 11.6 Å². The van der Waals surface area contributed by atoms with E-state index in [1.807, 2.05) is 13.8 Å². The van der Waals surface area contributed by atoms with E-state index in [0.717, 1.165) is 25.6 Å². The van der Waals surface area contributed by atoms with Gasteiger partial charge in [0.25, 0.3) is 0 Å². The summed E-state index contributed by atoms with van der Waals surface area (Å²) in [7, 11) is 0. The number of alkyl halides is 3. The monoisotopic (exact) mass is 321 g/mol. The maximum Gasteiger partial charge on any atom is 0.420 e. The van der Waals surface area contributed by atoms with Crippen molar-refractivity contribution in [1.29, 1.82) is 0 Å². The summed E-state index contributed by atoms with van der Waals surface area (Å²) in [4.78, 5) is 0. The first-order chi connectivity index (χ1) is 9.79. The van der Waals surface area contributed by atoms with Crippen molar-refractivity contribution in [2.75, 3.05) is 13.1 Å². The van der Waals surface area contributed by atoms with Crippen molar-refractivity contribution < 1.29 is 17.9 Å². The van der Waals surface area contributed by atoms with Gasteiger partial charge >= 0.3 is 6.18 Å². The van der Waals surface area contributed by atoms with E-state index in [9.17, 15) is 13.2 Å². The smallest absolute Gasteiger partial charge is 0.420 e. The molecule has 2 atom stereocenters. The maximum absolute atomic E-state index is 13.1. The van der Waals surface area contributed by atoms with Crippen LogP contribution in [0.1, 0.15) is 25.8 Å². The Morgan fingerprint density at radius 2 is 2.05 bits per heavy atom. The van der Waals surface area contributed by atoms with Crippen LogP contribution in [0.5, 0.6) is 5.75 Å². The number of hydrogen-bond acceptors (Lipinski definition) is 2. The fourth-order valence-corrected chi connectivity index (χ4v) is 2.88. The van der Waals surface area contributed by atoms with Crippen LogP contribution in [-0.4, -0.2) is 19.2 Å². The van der Waals surface area contributed by atoms with Crippen LogP contribution < -0.4 is 10.1 Å². The molecule has 2 nitrogen and oxygen atoms in total. The number of benzene rings is 1. The standard InChI is InChI=1S/C15H19ClF3NO/c1-9(2)14(10-5-6-20-8-10)21-13-4-3-11(16)7-12(13)15(17,18)19/h3-4,7,9-10,14,20H,5-6,8H2,1-2H3. The van der Waals surface area contributed by atoms with Crippen LogP contribution in [0, 0.1) is 11.8 Å². The summed E-state index contributed by atoms with van der Waals surface area (Å²) in [5.74, 6) is 0.214. The van der Waals surface area contributed by atoms with Gasteiger partial charge in [-0.1, -0.05) is 25.4 Å². The Bertz CT molecular complexity index is 484. The van der Waals surface area contributed by atoms with E-state index in [0.29, 0.717) is 0 Å². The lowest BCUT2D eigenvalue weighted by Crippen LogP contribution is -2.34. The van der Waals surface area contributed by atoms with Crippen molar-refractivity contribution in [3.63, 3.8) is 0 Å². The lowest BCUT2D eigenvalue weighted by Gasteiger charge is -2.29. The first-order valence-corrected chi connectivity index (χ1v) is 7.41. The number of ether oxygens (including phenoxy) is 1. The van der Waals surface area contributed by atoms with E-state index >= 15 is 0 Å². The summed E-state index contributed by atoms with van der Waals surface area (Å²) >= 11 is 5.68. The van der Waals surface area contributed by atoms with Gasteiger partial charge in [-0.2, -0.15) is 13.2 Å². The summed E-state index contributed by atoms with van der Waals surface area (Å²) < 4.78 is 45.1. The summed E-state index contributed by atoms with van der Waals surface area (Å²) in [5.41, 5.74) is -0.813. The van der Waals surface area contributed by atoms with Gasteiger partial charge in [-0.05, 0) is 37.1 Å².